The molecule has 1 saturated heterocycles. The Morgan fingerprint density at radius 2 is 1.57 bits per heavy atom. The highest BCUT2D eigenvalue weighted by Gasteiger charge is 2.32. The Morgan fingerprint density at radius 1 is 0.950 bits per heavy atom. The topological polar surface area (TPSA) is 125 Å². The molecule has 3 aromatic carbocycles. The molecular weight excluding hydrogens is 534 g/mol. The van der Waals surface area contributed by atoms with Gasteiger partial charge in [0.1, 0.15) is 11.8 Å². The number of amides is 2. The number of benzene rings is 3. The summed E-state index contributed by atoms with van der Waals surface area (Å²) in [5.74, 6) is -0.556. The smallest absolute Gasteiger partial charge is 0.261 e. The van der Waals surface area contributed by atoms with E-state index >= 15 is 0 Å². The van der Waals surface area contributed by atoms with E-state index in [1.807, 2.05) is 36.4 Å². The molecule has 10 nitrogen and oxygen atoms in total. The van der Waals surface area contributed by atoms with Crippen molar-refractivity contribution in [2.75, 3.05) is 46.1 Å². The molecule has 0 aliphatic carbocycles. The number of carbonyl (C=O) groups is 2. The lowest BCUT2D eigenvalue weighted by Crippen LogP contribution is -2.45. The predicted molar refractivity (Wildman–Crippen MR) is 148 cm³/mol. The average Bonchev–Trinajstić information content (AvgIpc) is 3.00. The summed E-state index contributed by atoms with van der Waals surface area (Å²) in [6.45, 7) is 0.868. The van der Waals surface area contributed by atoms with Crippen molar-refractivity contribution in [1.82, 2.24) is 14.5 Å². The Balaban J connectivity index is 1.53. The zero-order valence-corrected chi connectivity index (χ0v) is 22.8. The van der Waals surface area contributed by atoms with Gasteiger partial charge < -0.3 is 24.8 Å². The summed E-state index contributed by atoms with van der Waals surface area (Å²) < 4.78 is 38.2. The molecule has 0 unspecified atom stereocenters. The largest absolute Gasteiger partial charge is 0.484 e. The highest BCUT2D eigenvalue weighted by atomic mass is 32.2. The molecule has 0 saturated carbocycles. The minimum atomic E-state index is -3.66. The lowest BCUT2D eigenvalue weighted by atomic mass is 10.0. The number of ether oxygens (including phenoxy) is 2. The van der Waals surface area contributed by atoms with E-state index in [1.165, 1.54) is 33.5 Å². The first kappa shape index (κ1) is 29.2. The monoisotopic (exact) mass is 567 g/mol. The van der Waals surface area contributed by atoms with E-state index < -0.39 is 27.9 Å². The predicted octanol–water partition coefficient (Wildman–Crippen LogP) is 1.96. The number of nitrogens with zero attached hydrogens (tertiary/aromatic N) is 2. The molecule has 0 bridgehead atoms. The zero-order chi connectivity index (χ0) is 28.4. The maximum absolute atomic E-state index is 13.6. The number of hydrogen-bond donors (Lipinski definition) is 2. The van der Waals surface area contributed by atoms with E-state index in [2.05, 4.69) is 5.32 Å². The summed E-state index contributed by atoms with van der Waals surface area (Å²) in [4.78, 5) is 28.4. The van der Waals surface area contributed by atoms with Gasteiger partial charge in [0.05, 0.1) is 24.7 Å². The van der Waals surface area contributed by atoms with Gasteiger partial charge in [-0.2, -0.15) is 4.31 Å². The Hall–Kier alpha value is -3.77. The van der Waals surface area contributed by atoms with E-state index in [0.29, 0.717) is 37.6 Å². The molecule has 1 aliphatic heterocycles. The molecule has 4 rings (SSSR count). The van der Waals surface area contributed by atoms with Gasteiger partial charge in [0.2, 0.25) is 15.9 Å². The van der Waals surface area contributed by atoms with Gasteiger partial charge in [-0.1, -0.05) is 60.7 Å². The highest BCUT2D eigenvalue weighted by molar-refractivity contribution is 7.89. The summed E-state index contributed by atoms with van der Waals surface area (Å²) in [7, 11) is -3.66. The van der Waals surface area contributed by atoms with Crippen LogP contribution >= 0.6 is 0 Å². The van der Waals surface area contributed by atoms with Crippen LogP contribution in [0.2, 0.25) is 0 Å². The fraction of sp³-hybridized carbons (Fsp3) is 0.310. The number of nitrogens with one attached hydrogen (secondary N) is 1. The molecule has 3 aromatic rings. The Labute approximate surface area is 234 Å². The average molecular weight is 568 g/mol. The SMILES string of the molecule is O=C(NCCO)[C@@H](c1ccccc1)N(Cc1ccccc1)C(=O)COc1ccc(S(=O)(=O)N2CCOCC2)cc1. The Kier molecular flexibility index (Phi) is 10.3. The fourth-order valence-electron chi connectivity index (χ4n) is 4.36. The second kappa shape index (κ2) is 14.0. The van der Waals surface area contributed by atoms with Crippen LogP contribution in [0.4, 0.5) is 0 Å². The summed E-state index contributed by atoms with van der Waals surface area (Å²) in [6.07, 6.45) is 0. The molecule has 11 heteroatoms. The molecular formula is C29H33N3O7S. The number of rotatable bonds is 12. The highest BCUT2D eigenvalue weighted by Crippen LogP contribution is 2.25. The molecule has 2 N–H and O–H groups in total. The molecule has 40 heavy (non-hydrogen) atoms. The van der Waals surface area contributed by atoms with Gasteiger partial charge in [0, 0.05) is 26.2 Å². The van der Waals surface area contributed by atoms with Crippen molar-refractivity contribution in [2.24, 2.45) is 0 Å². The number of carbonyl (C=O) groups excluding carboxylic acids is 2. The Morgan fingerprint density at radius 3 is 2.20 bits per heavy atom. The van der Waals surface area contributed by atoms with Crippen molar-refractivity contribution in [3.05, 3.63) is 96.1 Å². The minimum Gasteiger partial charge on any atom is -0.484 e. The van der Waals surface area contributed by atoms with Crippen LogP contribution < -0.4 is 10.1 Å². The quantitative estimate of drug-likeness (QED) is 0.343. The maximum Gasteiger partial charge on any atom is 0.261 e. The van der Waals surface area contributed by atoms with Gasteiger partial charge >= 0.3 is 0 Å². The fourth-order valence-corrected chi connectivity index (χ4v) is 5.77. The normalized spacial score (nSPS) is 14.7. The van der Waals surface area contributed by atoms with Gasteiger partial charge in [-0.15, -0.1) is 0 Å². The van der Waals surface area contributed by atoms with E-state index in [-0.39, 0.29) is 31.2 Å². The molecule has 2 amide bonds. The Bertz CT molecular complexity index is 1350. The lowest BCUT2D eigenvalue weighted by Gasteiger charge is -2.31. The van der Waals surface area contributed by atoms with Crippen LogP contribution in [0.15, 0.2) is 89.8 Å². The van der Waals surface area contributed by atoms with Gasteiger partial charge in [-0.25, -0.2) is 8.42 Å². The number of aliphatic hydroxyl groups is 1. The molecule has 0 radical (unpaired) electrons. The van der Waals surface area contributed by atoms with E-state index in [4.69, 9.17) is 9.47 Å². The van der Waals surface area contributed by atoms with E-state index in [0.717, 1.165) is 5.56 Å². The number of aliphatic hydroxyl groups excluding tert-OH is 1. The van der Waals surface area contributed by atoms with Crippen LogP contribution in [-0.2, 0) is 30.9 Å². The van der Waals surface area contributed by atoms with Crippen molar-refractivity contribution in [2.45, 2.75) is 17.5 Å². The first-order valence-corrected chi connectivity index (χ1v) is 14.4. The first-order valence-electron chi connectivity index (χ1n) is 13.0. The number of morpholine rings is 1. The first-order chi connectivity index (χ1) is 19.4. The van der Waals surface area contributed by atoms with Crippen LogP contribution in [0.25, 0.3) is 0 Å². The van der Waals surface area contributed by atoms with Crippen LogP contribution in [-0.4, -0.2) is 80.6 Å². The molecule has 212 valence electrons. The van der Waals surface area contributed by atoms with Gasteiger partial charge in [0.15, 0.2) is 6.61 Å². The van der Waals surface area contributed by atoms with Crippen molar-refractivity contribution < 1.29 is 32.6 Å². The van der Waals surface area contributed by atoms with Crippen molar-refractivity contribution in [3.8, 4) is 5.75 Å². The van der Waals surface area contributed by atoms with Crippen molar-refractivity contribution >= 4 is 21.8 Å². The van der Waals surface area contributed by atoms with Gasteiger partial charge in [0.25, 0.3) is 5.91 Å². The van der Waals surface area contributed by atoms with E-state index in [1.54, 1.807) is 24.3 Å². The molecule has 1 atom stereocenters. The zero-order valence-electron chi connectivity index (χ0n) is 22.0. The second-order valence-electron chi connectivity index (χ2n) is 9.11. The number of sulfonamides is 1. The molecule has 1 fully saturated rings. The van der Waals surface area contributed by atoms with E-state index in [9.17, 15) is 23.1 Å². The minimum absolute atomic E-state index is 0.0474. The standard InChI is InChI=1S/C29H33N3O7S/c33-18-15-30-29(35)28(24-9-5-2-6-10-24)32(21-23-7-3-1-4-8-23)27(34)22-39-25-11-13-26(14-12-25)40(36,37)31-16-19-38-20-17-31/h1-14,28,33H,15-22H2,(H,30,35)/t28-/m1/s1. The molecule has 0 spiro atoms. The third kappa shape index (κ3) is 7.45. The second-order valence-corrected chi connectivity index (χ2v) is 11.0. The third-order valence-electron chi connectivity index (χ3n) is 6.40. The van der Waals surface area contributed by atoms with Crippen molar-refractivity contribution in [3.63, 3.8) is 0 Å². The number of hydrogen-bond acceptors (Lipinski definition) is 7. The molecule has 1 aliphatic rings. The lowest BCUT2D eigenvalue weighted by molar-refractivity contribution is -0.143. The van der Waals surface area contributed by atoms with Crippen LogP contribution in [0.3, 0.4) is 0 Å². The van der Waals surface area contributed by atoms with Crippen LogP contribution in [0.1, 0.15) is 17.2 Å². The summed E-state index contributed by atoms with van der Waals surface area (Å²) in [6, 6.07) is 23.2. The molecule has 1 heterocycles. The maximum atomic E-state index is 13.6. The summed E-state index contributed by atoms with van der Waals surface area (Å²) in [5, 5.41) is 11.9. The molecule has 0 aromatic heterocycles. The van der Waals surface area contributed by atoms with Crippen LogP contribution in [0.5, 0.6) is 5.75 Å². The van der Waals surface area contributed by atoms with Crippen LogP contribution in [0, 0.1) is 0 Å². The van der Waals surface area contributed by atoms with Crippen molar-refractivity contribution in [1.29, 1.82) is 0 Å². The third-order valence-corrected chi connectivity index (χ3v) is 8.31. The summed E-state index contributed by atoms with van der Waals surface area (Å²) in [5.41, 5.74) is 1.43. The summed E-state index contributed by atoms with van der Waals surface area (Å²) >= 11 is 0. The van der Waals surface area contributed by atoms with Gasteiger partial charge in [-0.05, 0) is 35.4 Å². The van der Waals surface area contributed by atoms with Gasteiger partial charge in [-0.3, -0.25) is 9.59 Å².